The van der Waals surface area contributed by atoms with Gasteiger partial charge in [0.25, 0.3) is 0 Å². The molecule has 11 heavy (non-hydrogen) atoms. The van der Waals surface area contributed by atoms with E-state index in [1.54, 1.807) is 0 Å². The maximum atomic E-state index is 5.77. The number of hydrogen-bond donors (Lipinski definition) is 0. The van der Waals surface area contributed by atoms with E-state index in [1.165, 1.54) is 16.4 Å². The number of ether oxygens (including phenoxy) is 1. The van der Waals surface area contributed by atoms with Crippen molar-refractivity contribution >= 4 is 22.6 Å². The third kappa shape index (κ3) is 1.78. The molecule has 0 spiro atoms. The van der Waals surface area contributed by atoms with Crippen LogP contribution in [0.1, 0.15) is 33.1 Å². The van der Waals surface area contributed by atoms with Crippen LogP contribution in [0.15, 0.2) is 9.66 Å². The summed E-state index contributed by atoms with van der Waals surface area (Å²) in [7, 11) is 0. The lowest BCUT2D eigenvalue weighted by atomic mass is 9.96. The van der Waals surface area contributed by atoms with E-state index in [4.69, 9.17) is 4.74 Å². The Morgan fingerprint density at radius 3 is 2.82 bits per heavy atom. The molecular formula is C9H15IO. The molecule has 1 fully saturated rings. The summed E-state index contributed by atoms with van der Waals surface area (Å²) in [5, 5.41) is 0. The minimum Gasteiger partial charge on any atom is -0.370 e. The van der Waals surface area contributed by atoms with E-state index < -0.39 is 0 Å². The zero-order chi connectivity index (χ0) is 8.32. The Balaban J connectivity index is 2.74. The molecule has 1 atom stereocenters. The van der Waals surface area contributed by atoms with Gasteiger partial charge in [-0.2, -0.15) is 0 Å². The summed E-state index contributed by atoms with van der Waals surface area (Å²) in [6.45, 7) is 5.22. The topological polar surface area (TPSA) is 9.23 Å². The highest BCUT2D eigenvalue weighted by molar-refractivity contribution is 14.1. The van der Waals surface area contributed by atoms with Crippen LogP contribution in [0.2, 0.25) is 0 Å². The normalized spacial score (nSPS) is 32.8. The standard InChI is InChI=1S/C9H15IO/c1-3-8(10)9(4-2)6-5-7-11-9/h3H,4-7H2,1-2H3/b8-3-/t9-/m1/s1. The summed E-state index contributed by atoms with van der Waals surface area (Å²) < 4.78 is 7.14. The fourth-order valence-corrected chi connectivity index (χ4v) is 2.40. The van der Waals surface area contributed by atoms with Crippen molar-refractivity contribution in [2.75, 3.05) is 6.61 Å². The first kappa shape index (κ1) is 9.52. The van der Waals surface area contributed by atoms with Crippen molar-refractivity contribution in [2.45, 2.75) is 38.7 Å². The summed E-state index contributed by atoms with van der Waals surface area (Å²) in [6.07, 6.45) is 5.69. The van der Waals surface area contributed by atoms with Crippen molar-refractivity contribution in [1.29, 1.82) is 0 Å². The lowest BCUT2D eigenvalue weighted by molar-refractivity contribution is 0.0407. The van der Waals surface area contributed by atoms with Crippen LogP contribution in [0.5, 0.6) is 0 Å². The summed E-state index contributed by atoms with van der Waals surface area (Å²) in [5.41, 5.74) is 0.0926. The van der Waals surface area contributed by atoms with Gasteiger partial charge in [-0.3, -0.25) is 0 Å². The maximum absolute atomic E-state index is 5.77. The molecule has 1 aliphatic heterocycles. The van der Waals surface area contributed by atoms with Crippen LogP contribution in [-0.2, 0) is 4.74 Å². The van der Waals surface area contributed by atoms with Gasteiger partial charge in [-0.15, -0.1) is 0 Å². The van der Waals surface area contributed by atoms with E-state index in [-0.39, 0.29) is 5.60 Å². The van der Waals surface area contributed by atoms with E-state index in [0.717, 1.165) is 13.0 Å². The highest BCUT2D eigenvalue weighted by Gasteiger charge is 2.35. The van der Waals surface area contributed by atoms with Crippen molar-refractivity contribution in [1.82, 2.24) is 0 Å². The molecule has 0 saturated carbocycles. The Morgan fingerprint density at radius 2 is 2.45 bits per heavy atom. The molecule has 0 aromatic heterocycles. The average molecular weight is 266 g/mol. The number of allylic oxidation sites excluding steroid dienone is 1. The highest BCUT2D eigenvalue weighted by atomic mass is 127. The first-order valence-corrected chi connectivity index (χ1v) is 5.29. The second kappa shape index (κ2) is 3.90. The Morgan fingerprint density at radius 1 is 1.73 bits per heavy atom. The van der Waals surface area contributed by atoms with E-state index in [0.29, 0.717) is 0 Å². The van der Waals surface area contributed by atoms with Crippen molar-refractivity contribution < 1.29 is 4.74 Å². The van der Waals surface area contributed by atoms with Gasteiger partial charge in [-0.1, -0.05) is 13.0 Å². The maximum Gasteiger partial charge on any atom is 0.0982 e. The summed E-state index contributed by atoms with van der Waals surface area (Å²) in [5.74, 6) is 0. The van der Waals surface area contributed by atoms with Gasteiger partial charge in [-0.05, 0) is 48.8 Å². The van der Waals surface area contributed by atoms with Gasteiger partial charge in [0.05, 0.1) is 5.60 Å². The molecule has 1 aliphatic rings. The number of rotatable bonds is 2. The van der Waals surface area contributed by atoms with Crippen molar-refractivity contribution in [3.63, 3.8) is 0 Å². The van der Waals surface area contributed by atoms with Crippen LogP contribution in [-0.4, -0.2) is 12.2 Å². The summed E-state index contributed by atoms with van der Waals surface area (Å²) in [4.78, 5) is 0. The largest absolute Gasteiger partial charge is 0.370 e. The zero-order valence-electron chi connectivity index (χ0n) is 7.19. The van der Waals surface area contributed by atoms with Crippen LogP contribution >= 0.6 is 22.6 Å². The van der Waals surface area contributed by atoms with Crippen molar-refractivity contribution in [2.24, 2.45) is 0 Å². The third-order valence-corrected chi connectivity index (χ3v) is 3.97. The monoisotopic (exact) mass is 266 g/mol. The van der Waals surface area contributed by atoms with E-state index >= 15 is 0 Å². The summed E-state index contributed by atoms with van der Waals surface area (Å²) in [6, 6.07) is 0. The molecule has 2 heteroatoms. The SMILES string of the molecule is C/C=C(\I)[C@@]1(CC)CCCO1. The molecule has 0 aromatic rings. The second-order valence-electron chi connectivity index (χ2n) is 2.94. The molecule has 0 amide bonds. The Kier molecular flexibility index (Phi) is 3.37. The van der Waals surface area contributed by atoms with Crippen LogP contribution in [0.3, 0.4) is 0 Å². The van der Waals surface area contributed by atoms with E-state index in [9.17, 15) is 0 Å². The molecule has 0 unspecified atom stereocenters. The van der Waals surface area contributed by atoms with Crippen molar-refractivity contribution in [3.8, 4) is 0 Å². The molecule has 1 saturated heterocycles. The predicted molar refractivity (Wildman–Crippen MR) is 56.0 cm³/mol. The number of halogens is 1. The van der Waals surface area contributed by atoms with Crippen LogP contribution in [0, 0.1) is 0 Å². The molecule has 0 N–H and O–H groups in total. The third-order valence-electron chi connectivity index (χ3n) is 2.36. The Bertz CT molecular complexity index is 157. The van der Waals surface area contributed by atoms with Gasteiger partial charge in [0, 0.05) is 10.2 Å². The van der Waals surface area contributed by atoms with Gasteiger partial charge in [0.1, 0.15) is 0 Å². The van der Waals surface area contributed by atoms with Crippen LogP contribution in [0.4, 0.5) is 0 Å². The van der Waals surface area contributed by atoms with Gasteiger partial charge < -0.3 is 4.74 Å². The minimum atomic E-state index is 0.0926. The molecule has 1 heterocycles. The number of hydrogen-bond acceptors (Lipinski definition) is 1. The highest BCUT2D eigenvalue weighted by Crippen LogP contribution is 2.38. The molecule has 0 bridgehead atoms. The minimum absolute atomic E-state index is 0.0926. The second-order valence-corrected chi connectivity index (χ2v) is 4.10. The van der Waals surface area contributed by atoms with Crippen LogP contribution in [0.25, 0.3) is 0 Å². The van der Waals surface area contributed by atoms with E-state index in [1.807, 2.05) is 0 Å². The lowest BCUT2D eigenvalue weighted by Crippen LogP contribution is -2.26. The first-order valence-electron chi connectivity index (χ1n) is 4.21. The first-order chi connectivity index (χ1) is 5.25. The molecule has 0 aliphatic carbocycles. The lowest BCUT2D eigenvalue weighted by Gasteiger charge is -2.26. The van der Waals surface area contributed by atoms with Gasteiger partial charge >= 0.3 is 0 Å². The van der Waals surface area contributed by atoms with Crippen molar-refractivity contribution in [3.05, 3.63) is 9.66 Å². The predicted octanol–water partition coefficient (Wildman–Crippen LogP) is 3.28. The van der Waals surface area contributed by atoms with Gasteiger partial charge in [-0.25, -0.2) is 0 Å². The fourth-order valence-electron chi connectivity index (χ4n) is 1.60. The van der Waals surface area contributed by atoms with Crippen LogP contribution < -0.4 is 0 Å². The fraction of sp³-hybridized carbons (Fsp3) is 0.778. The molecule has 1 rings (SSSR count). The van der Waals surface area contributed by atoms with Gasteiger partial charge in [0.15, 0.2) is 0 Å². The average Bonchev–Trinajstić information content (AvgIpc) is 2.52. The Labute approximate surface area is 82.3 Å². The van der Waals surface area contributed by atoms with Gasteiger partial charge in [0.2, 0.25) is 0 Å². The van der Waals surface area contributed by atoms with E-state index in [2.05, 4.69) is 42.5 Å². The smallest absolute Gasteiger partial charge is 0.0982 e. The summed E-state index contributed by atoms with van der Waals surface area (Å²) >= 11 is 2.40. The quantitative estimate of drug-likeness (QED) is 0.697. The zero-order valence-corrected chi connectivity index (χ0v) is 9.35. The molecule has 0 radical (unpaired) electrons. The molecule has 1 nitrogen and oxygen atoms in total. The molecular weight excluding hydrogens is 251 g/mol. The molecule has 0 aromatic carbocycles. The molecule has 64 valence electrons. The Hall–Kier alpha value is 0.430.